The van der Waals surface area contributed by atoms with E-state index in [0.717, 1.165) is 44.1 Å². The lowest BCUT2D eigenvalue weighted by Crippen LogP contribution is -2.46. The third kappa shape index (κ3) is 5.83. The number of nitrogens with one attached hydrogen (secondary N) is 1. The van der Waals surface area contributed by atoms with Crippen molar-refractivity contribution >= 4 is 35.1 Å². The Morgan fingerprint density at radius 2 is 1.93 bits per heavy atom. The number of anilines is 1. The Morgan fingerprint density at radius 3 is 2.61 bits per heavy atom. The molecule has 28 heavy (non-hydrogen) atoms. The third-order valence-corrected chi connectivity index (χ3v) is 5.85. The lowest BCUT2D eigenvalue weighted by atomic mass is 10.1. The maximum atomic E-state index is 12.3. The number of likely N-dealkylation sites (N-methyl/N-ethyl adjacent to an activating group) is 1. The molecule has 1 aliphatic rings. The van der Waals surface area contributed by atoms with E-state index in [2.05, 4.69) is 32.0 Å². The zero-order chi connectivity index (χ0) is 19.9. The summed E-state index contributed by atoms with van der Waals surface area (Å²) in [6.45, 7) is 9.08. The van der Waals surface area contributed by atoms with Crippen LogP contribution in [0.5, 0.6) is 0 Å². The Morgan fingerprint density at radius 1 is 1.21 bits per heavy atom. The van der Waals surface area contributed by atoms with Gasteiger partial charge in [0.25, 0.3) is 0 Å². The molecule has 0 spiro atoms. The quantitative estimate of drug-likeness (QED) is 0.422. The van der Waals surface area contributed by atoms with E-state index >= 15 is 0 Å². The minimum Gasteiger partial charge on any atom is -0.354 e. The molecule has 1 amide bonds. The van der Waals surface area contributed by atoms with Crippen LogP contribution in [-0.4, -0.2) is 59.3 Å². The molecule has 0 radical (unpaired) electrons. The molecular weight excluding hydrogens is 394 g/mol. The van der Waals surface area contributed by atoms with Crippen LogP contribution in [0.4, 0.5) is 5.82 Å². The highest BCUT2D eigenvalue weighted by molar-refractivity contribution is 7.99. The summed E-state index contributed by atoms with van der Waals surface area (Å²) in [5.74, 6) is 1.03. The Balaban J connectivity index is 1.55. The maximum absolute atomic E-state index is 12.3. The van der Waals surface area contributed by atoms with Crippen molar-refractivity contribution in [2.24, 2.45) is 0 Å². The van der Waals surface area contributed by atoms with E-state index in [0.29, 0.717) is 10.3 Å². The van der Waals surface area contributed by atoms with Gasteiger partial charge in [-0.25, -0.2) is 9.97 Å². The number of thioether (sulfide) groups is 1. The number of amides is 1. The normalized spacial score (nSPS) is 16.0. The number of nitrogens with zero attached hydrogens (tertiary/aromatic N) is 4. The Bertz CT molecular complexity index is 783. The van der Waals surface area contributed by atoms with E-state index in [-0.39, 0.29) is 17.7 Å². The molecule has 2 heterocycles. The number of aromatic nitrogens is 2. The number of carbonyl (C=O) groups excluding carboxylic acids is 1. The van der Waals surface area contributed by atoms with Gasteiger partial charge in [-0.05, 0) is 19.0 Å². The molecule has 2 aromatic rings. The first kappa shape index (κ1) is 20.9. The second kappa shape index (κ2) is 10.1. The van der Waals surface area contributed by atoms with E-state index < -0.39 is 0 Å². The van der Waals surface area contributed by atoms with Crippen molar-refractivity contribution in [3.05, 3.63) is 47.1 Å². The Hall–Kier alpha value is -1.83. The van der Waals surface area contributed by atoms with Crippen molar-refractivity contribution in [3.8, 4) is 0 Å². The standard InChI is InChI=1S/C20H26ClN5OS/c1-3-25-9-11-26(12-10-25)18-13-17(21)23-20(24-18)28-14-19(27)22-15(2)16-7-5-4-6-8-16/h4-8,13,15H,3,9-12,14H2,1-2H3,(H,22,27). The first-order valence-electron chi connectivity index (χ1n) is 9.54. The molecule has 8 heteroatoms. The summed E-state index contributed by atoms with van der Waals surface area (Å²) in [4.78, 5) is 25.8. The highest BCUT2D eigenvalue weighted by Gasteiger charge is 2.18. The van der Waals surface area contributed by atoms with Crippen LogP contribution >= 0.6 is 23.4 Å². The van der Waals surface area contributed by atoms with E-state index in [1.54, 1.807) is 6.07 Å². The zero-order valence-corrected chi connectivity index (χ0v) is 17.8. The van der Waals surface area contributed by atoms with Gasteiger partial charge >= 0.3 is 0 Å². The van der Waals surface area contributed by atoms with Crippen molar-refractivity contribution in [3.63, 3.8) is 0 Å². The van der Waals surface area contributed by atoms with Crippen molar-refractivity contribution in [1.82, 2.24) is 20.2 Å². The van der Waals surface area contributed by atoms with Crippen LogP contribution in [0, 0.1) is 0 Å². The molecule has 1 aromatic carbocycles. The maximum Gasteiger partial charge on any atom is 0.230 e. The number of hydrogen-bond acceptors (Lipinski definition) is 6. The van der Waals surface area contributed by atoms with Gasteiger partial charge in [0.05, 0.1) is 11.8 Å². The zero-order valence-electron chi connectivity index (χ0n) is 16.3. The van der Waals surface area contributed by atoms with Crippen LogP contribution in [0.2, 0.25) is 5.15 Å². The highest BCUT2D eigenvalue weighted by atomic mass is 35.5. The number of piperazine rings is 1. The predicted octanol–water partition coefficient (Wildman–Crippen LogP) is 3.24. The average molecular weight is 420 g/mol. The van der Waals surface area contributed by atoms with Gasteiger partial charge in [0.15, 0.2) is 5.16 Å². The summed E-state index contributed by atoms with van der Waals surface area (Å²) < 4.78 is 0. The summed E-state index contributed by atoms with van der Waals surface area (Å²) in [7, 11) is 0. The Kier molecular flexibility index (Phi) is 7.53. The Labute approximate surface area is 175 Å². The second-order valence-corrected chi connectivity index (χ2v) is 8.07. The molecule has 1 N–H and O–H groups in total. The molecule has 1 aliphatic heterocycles. The second-order valence-electron chi connectivity index (χ2n) is 6.74. The summed E-state index contributed by atoms with van der Waals surface area (Å²) in [6.07, 6.45) is 0. The van der Waals surface area contributed by atoms with Crippen molar-refractivity contribution in [2.45, 2.75) is 25.0 Å². The van der Waals surface area contributed by atoms with Gasteiger partial charge in [-0.15, -0.1) is 0 Å². The molecule has 1 saturated heterocycles. The lowest BCUT2D eigenvalue weighted by Gasteiger charge is -2.34. The fourth-order valence-electron chi connectivity index (χ4n) is 3.14. The molecule has 1 fully saturated rings. The largest absolute Gasteiger partial charge is 0.354 e. The van der Waals surface area contributed by atoms with Gasteiger partial charge in [0.2, 0.25) is 5.91 Å². The van der Waals surface area contributed by atoms with Gasteiger partial charge in [-0.2, -0.15) is 0 Å². The summed E-state index contributed by atoms with van der Waals surface area (Å²) in [6, 6.07) is 11.7. The molecule has 6 nitrogen and oxygen atoms in total. The molecule has 0 saturated carbocycles. The topological polar surface area (TPSA) is 61.4 Å². The van der Waals surface area contributed by atoms with Crippen LogP contribution < -0.4 is 10.2 Å². The van der Waals surface area contributed by atoms with E-state index in [4.69, 9.17) is 11.6 Å². The van der Waals surface area contributed by atoms with Crippen molar-refractivity contribution in [1.29, 1.82) is 0 Å². The first-order valence-corrected chi connectivity index (χ1v) is 10.9. The monoisotopic (exact) mass is 419 g/mol. The lowest BCUT2D eigenvalue weighted by molar-refractivity contribution is -0.119. The van der Waals surface area contributed by atoms with Gasteiger partial charge in [-0.1, -0.05) is 60.6 Å². The average Bonchev–Trinajstić information content (AvgIpc) is 2.72. The fourth-order valence-corrected chi connectivity index (χ4v) is 4.04. The molecule has 1 unspecified atom stereocenters. The van der Waals surface area contributed by atoms with Crippen molar-refractivity contribution < 1.29 is 4.79 Å². The minimum atomic E-state index is -0.0527. The number of carbonyl (C=O) groups is 1. The number of halogens is 1. The van der Waals surface area contributed by atoms with E-state index in [1.165, 1.54) is 11.8 Å². The van der Waals surface area contributed by atoms with Crippen LogP contribution in [0.1, 0.15) is 25.5 Å². The number of rotatable bonds is 7. The molecule has 0 bridgehead atoms. The van der Waals surface area contributed by atoms with E-state index in [1.807, 2.05) is 37.3 Å². The predicted molar refractivity (Wildman–Crippen MR) is 115 cm³/mol. The smallest absolute Gasteiger partial charge is 0.230 e. The summed E-state index contributed by atoms with van der Waals surface area (Å²) in [5, 5.41) is 3.94. The summed E-state index contributed by atoms with van der Waals surface area (Å²) in [5.41, 5.74) is 1.08. The van der Waals surface area contributed by atoms with Crippen LogP contribution in [0.3, 0.4) is 0 Å². The molecule has 1 atom stereocenters. The third-order valence-electron chi connectivity index (χ3n) is 4.81. The SMILES string of the molecule is CCN1CCN(c2cc(Cl)nc(SCC(=O)NC(C)c3ccccc3)n2)CC1. The van der Waals surface area contributed by atoms with Crippen molar-refractivity contribution in [2.75, 3.05) is 43.4 Å². The van der Waals surface area contributed by atoms with E-state index in [9.17, 15) is 4.79 Å². The highest BCUT2D eigenvalue weighted by Crippen LogP contribution is 2.23. The number of hydrogen-bond donors (Lipinski definition) is 1. The fraction of sp³-hybridized carbons (Fsp3) is 0.450. The molecule has 0 aliphatic carbocycles. The number of benzene rings is 1. The molecular formula is C20H26ClN5OS. The van der Waals surface area contributed by atoms with Crippen LogP contribution in [0.25, 0.3) is 0 Å². The minimum absolute atomic E-state index is 0.0417. The van der Waals surface area contributed by atoms with Crippen LogP contribution in [0.15, 0.2) is 41.6 Å². The molecule has 150 valence electrons. The van der Waals surface area contributed by atoms with Crippen LogP contribution in [-0.2, 0) is 4.79 Å². The first-order chi connectivity index (χ1) is 13.5. The summed E-state index contributed by atoms with van der Waals surface area (Å²) >= 11 is 7.51. The molecule has 3 rings (SSSR count). The van der Waals surface area contributed by atoms with Gasteiger partial charge in [0, 0.05) is 32.2 Å². The van der Waals surface area contributed by atoms with Gasteiger partial charge < -0.3 is 15.1 Å². The van der Waals surface area contributed by atoms with Gasteiger partial charge in [0.1, 0.15) is 11.0 Å². The van der Waals surface area contributed by atoms with Gasteiger partial charge in [-0.3, -0.25) is 4.79 Å². The molecule has 1 aromatic heterocycles.